The number of hydrogen-bond donors (Lipinski definition) is 2. The van der Waals surface area contributed by atoms with E-state index in [-0.39, 0.29) is 18.1 Å². The Morgan fingerprint density at radius 1 is 1.26 bits per heavy atom. The van der Waals surface area contributed by atoms with Crippen molar-refractivity contribution in [3.8, 4) is 11.3 Å². The first kappa shape index (κ1) is 20.6. The van der Waals surface area contributed by atoms with Gasteiger partial charge in [0, 0.05) is 25.7 Å². The van der Waals surface area contributed by atoms with Crippen LogP contribution in [-0.4, -0.2) is 42.6 Å². The molecule has 3 aromatic heterocycles. The van der Waals surface area contributed by atoms with E-state index in [1.54, 1.807) is 43.2 Å². The molecule has 2 atom stereocenters. The second-order valence-corrected chi connectivity index (χ2v) is 7.49. The van der Waals surface area contributed by atoms with Crippen molar-refractivity contribution in [2.75, 3.05) is 10.6 Å². The number of ketones is 1. The van der Waals surface area contributed by atoms with Crippen molar-refractivity contribution < 1.29 is 14.0 Å². The molecule has 4 rings (SSSR count). The molecule has 0 spiro atoms. The number of anilines is 3. The molecule has 160 valence electrons. The summed E-state index contributed by atoms with van der Waals surface area (Å²) >= 11 is 0. The summed E-state index contributed by atoms with van der Waals surface area (Å²) in [5.41, 5.74) is 3.21. The fraction of sp³-hybridized carbons (Fsp3) is 0.333. The molecule has 0 unspecified atom stereocenters. The summed E-state index contributed by atoms with van der Waals surface area (Å²) in [7, 11) is 1.78. The summed E-state index contributed by atoms with van der Waals surface area (Å²) in [5.74, 6) is -0.181. The maximum Gasteiger partial charge on any atom is 0.231 e. The largest absolute Gasteiger partial charge is 0.337 e. The van der Waals surface area contributed by atoms with E-state index in [9.17, 15) is 14.0 Å². The minimum absolute atomic E-state index is 0.0194. The van der Waals surface area contributed by atoms with Gasteiger partial charge in [-0.15, -0.1) is 0 Å². The number of rotatable bonds is 7. The Kier molecular flexibility index (Phi) is 5.45. The predicted octanol–water partition coefficient (Wildman–Crippen LogP) is 3.21. The van der Waals surface area contributed by atoms with Gasteiger partial charge in [0.25, 0.3) is 0 Å². The molecule has 3 heterocycles. The van der Waals surface area contributed by atoms with Crippen LogP contribution in [0, 0.1) is 12.8 Å². The van der Waals surface area contributed by atoms with Gasteiger partial charge in [-0.25, -0.2) is 14.4 Å². The molecular weight excluding hydrogens is 401 g/mol. The Morgan fingerprint density at radius 3 is 2.71 bits per heavy atom. The summed E-state index contributed by atoms with van der Waals surface area (Å²) in [6.45, 7) is 3.68. The van der Waals surface area contributed by atoms with Gasteiger partial charge in [0.15, 0.2) is 11.6 Å². The zero-order valence-electron chi connectivity index (χ0n) is 17.4. The zero-order valence-corrected chi connectivity index (χ0v) is 17.4. The average molecular weight is 423 g/mol. The molecule has 0 radical (unpaired) electrons. The number of amides is 1. The summed E-state index contributed by atoms with van der Waals surface area (Å²) < 4.78 is 14.8. The van der Waals surface area contributed by atoms with Gasteiger partial charge in [-0.05, 0) is 25.0 Å². The molecule has 10 heteroatoms. The Labute approximate surface area is 178 Å². The van der Waals surface area contributed by atoms with Crippen LogP contribution in [-0.2, 0) is 11.8 Å². The molecule has 2 N–H and O–H groups in total. The number of aryl methyl sites for hydroxylation is 2. The number of hydrogen-bond acceptors (Lipinski definition) is 7. The van der Waals surface area contributed by atoms with Crippen molar-refractivity contribution in [2.45, 2.75) is 32.9 Å². The second kappa shape index (κ2) is 8.21. The van der Waals surface area contributed by atoms with Gasteiger partial charge in [-0.2, -0.15) is 5.10 Å². The number of aromatic nitrogens is 5. The molecule has 31 heavy (non-hydrogen) atoms. The Balaban J connectivity index is 1.59. The van der Waals surface area contributed by atoms with Gasteiger partial charge in [-0.3, -0.25) is 19.3 Å². The van der Waals surface area contributed by atoms with Crippen LogP contribution < -0.4 is 10.6 Å². The molecule has 1 aliphatic carbocycles. The van der Waals surface area contributed by atoms with Crippen LogP contribution in [0.5, 0.6) is 0 Å². The summed E-state index contributed by atoms with van der Waals surface area (Å²) in [6, 6.07) is 3.36. The summed E-state index contributed by atoms with van der Waals surface area (Å²) in [6.07, 6.45) is 4.28. The maximum absolute atomic E-state index is 13.1. The maximum atomic E-state index is 13.1. The summed E-state index contributed by atoms with van der Waals surface area (Å²) in [5, 5.41) is 10.3. The number of carbonyl (C=O) groups is 2. The van der Waals surface area contributed by atoms with Crippen molar-refractivity contribution >= 4 is 29.0 Å². The fourth-order valence-corrected chi connectivity index (χ4v) is 3.14. The third-order valence-corrected chi connectivity index (χ3v) is 5.04. The minimum Gasteiger partial charge on any atom is -0.337 e. The van der Waals surface area contributed by atoms with Gasteiger partial charge in [-0.1, -0.05) is 6.92 Å². The summed E-state index contributed by atoms with van der Waals surface area (Å²) in [4.78, 5) is 36.5. The molecule has 9 nitrogen and oxygen atoms in total. The molecule has 1 fully saturated rings. The Hall–Kier alpha value is -3.69. The van der Waals surface area contributed by atoms with Gasteiger partial charge in [0.2, 0.25) is 5.91 Å². The lowest BCUT2D eigenvalue weighted by molar-refractivity contribution is -0.117. The highest BCUT2D eigenvalue weighted by atomic mass is 19.1. The SMILES string of the molecule is CCC(=O)c1cc(C)c(Nc2nn(C)cc2-c2cc(NC(=O)[C@H]3C[C@H]3F)ncn2)cn1. The van der Waals surface area contributed by atoms with Gasteiger partial charge < -0.3 is 10.6 Å². The standard InChI is InChI=1S/C21H22FN7O2/c1-4-18(30)16-5-11(2)17(8-23-16)26-20-13(9-29(3)28-20)15-7-19(25-10-24-15)27-21(31)12-6-14(12)22/h5,7-10,12,14H,4,6H2,1-3H3,(H,26,28)(H,24,25,27,31)/t12-,14+/m0/s1. The number of halogens is 1. The quantitative estimate of drug-likeness (QED) is 0.561. The van der Waals surface area contributed by atoms with E-state index < -0.39 is 12.1 Å². The van der Waals surface area contributed by atoms with Gasteiger partial charge in [0.05, 0.1) is 29.1 Å². The molecule has 3 aromatic rings. The number of nitrogens with zero attached hydrogens (tertiary/aromatic N) is 5. The molecule has 1 aliphatic rings. The highest BCUT2D eigenvalue weighted by Gasteiger charge is 2.43. The van der Waals surface area contributed by atoms with Gasteiger partial charge >= 0.3 is 0 Å². The highest BCUT2D eigenvalue weighted by Crippen LogP contribution is 2.35. The van der Waals surface area contributed by atoms with E-state index >= 15 is 0 Å². The average Bonchev–Trinajstić information content (AvgIpc) is 3.38. The molecule has 1 amide bonds. The Bertz CT molecular complexity index is 1160. The van der Waals surface area contributed by atoms with Crippen LogP contribution in [0.4, 0.5) is 21.7 Å². The monoisotopic (exact) mass is 423 g/mol. The van der Waals surface area contributed by atoms with Crippen molar-refractivity contribution in [1.29, 1.82) is 0 Å². The van der Waals surface area contributed by atoms with E-state index in [0.717, 1.165) is 5.56 Å². The molecule has 0 aliphatic heterocycles. The van der Waals surface area contributed by atoms with Crippen molar-refractivity contribution in [3.05, 3.63) is 42.1 Å². The normalized spacial score (nSPS) is 17.3. The fourth-order valence-electron chi connectivity index (χ4n) is 3.14. The van der Waals surface area contributed by atoms with Crippen LogP contribution in [0.3, 0.4) is 0 Å². The molecule has 0 bridgehead atoms. The number of alkyl halides is 1. The number of carbonyl (C=O) groups excluding carboxylic acids is 2. The van der Waals surface area contributed by atoms with Crippen LogP contribution in [0.2, 0.25) is 0 Å². The third kappa shape index (κ3) is 4.42. The van der Waals surface area contributed by atoms with E-state index in [2.05, 4.69) is 30.7 Å². The first-order chi connectivity index (χ1) is 14.9. The molecule has 0 aromatic carbocycles. The number of nitrogens with one attached hydrogen (secondary N) is 2. The lowest BCUT2D eigenvalue weighted by Gasteiger charge is -2.10. The number of pyridine rings is 1. The van der Waals surface area contributed by atoms with Crippen LogP contribution >= 0.6 is 0 Å². The first-order valence-electron chi connectivity index (χ1n) is 9.93. The zero-order chi connectivity index (χ0) is 22.1. The molecular formula is C21H22FN7O2. The van der Waals surface area contributed by atoms with E-state index in [1.165, 1.54) is 6.33 Å². The van der Waals surface area contributed by atoms with Crippen LogP contribution in [0.1, 0.15) is 35.8 Å². The highest BCUT2D eigenvalue weighted by molar-refractivity contribution is 5.95. The van der Waals surface area contributed by atoms with Crippen molar-refractivity contribution in [3.63, 3.8) is 0 Å². The predicted molar refractivity (Wildman–Crippen MR) is 113 cm³/mol. The number of Topliss-reactive ketones (excluding diaryl/α,β-unsaturated/α-hetero) is 1. The lowest BCUT2D eigenvalue weighted by atomic mass is 10.1. The van der Waals surface area contributed by atoms with Crippen molar-refractivity contribution in [1.82, 2.24) is 24.7 Å². The topological polar surface area (TPSA) is 115 Å². The third-order valence-electron chi connectivity index (χ3n) is 5.04. The van der Waals surface area contributed by atoms with E-state index in [4.69, 9.17) is 0 Å². The molecule has 1 saturated carbocycles. The Morgan fingerprint density at radius 2 is 2.03 bits per heavy atom. The smallest absolute Gasteiger partial charge is 0.231 e. The van der Waals surface area contributed by atoms with Gasteiger partial charge in [0.1, 0.15) is 24.0 Å². The van der Waals surface area contributed by atoms with Crippen LogP contribution in [0.25, 0.3) is 11.3 Å². The molecule has 0 saturated heterocycles. The lowest BCUT2D eigenvalue weighted by Crippen LogP contribution is -2.16. The van der Waals surface area contributed by atoms with E-state index in [1.807, 2.05) is 6.92 Å². The van der Waals surface area contributed by atoms with Crippen molar-refractivity contribution in [2.24, 2.45) is 13.0 Å². The first-order valence-corrected chi connectivity index (χ1v) is 9.93. The van der Waals surface area contributed by atoms with E-state index in [0.29, 0.717) is 40.7 Å². The second-order valence-electron chi connectivity index (χ2n) is 7.49. The minimum atomic E-state index is -1.08. The van der Waals surface area contributed by atoms with Crippen LogP contribution in [0.15, 0.2) is 30.9 Å².